The lowest BCUT2D eigenvalue weighted by Crippen LogP contribution is -1.94. The van der Waals surface area contributed by atoms with E-state index in [0.29, 0.717) is 10.9 Å². The minimum Gasteiger partial charge on any atom is -0.228 e. The van der Waals surface area contributed by atoms with E-state index < -0.39 is 11.6 Å². The second-order valence-electron chi connectivity index (χ2n) is 3.98. The van der Waals surface area contributed by atoms with Gasteiger partial charge < -0.3 is 0 Å². The average Bonchev–Trinajstić information content (AvgIpc) is 2.38. The Kier molecular flexibility index (Phi) is 2.87. The summed E-state index contributed by atoms with van der Waals surface area (Å²) in [6, 6.07) is 10.1. The van der Waals surface area contributed by atoms with E-state index in [2.05, 4.69) is 9.97 Å². The fourth-order valence-corrected chi connectivity index (χ4v) is 2.07. The van der Waals surface area contributed by atoms with E-state index in [4.69, 9.17) is 11.6 Å². The molecule has 0 fully saturated rings. The van der Waals surface area contributed by atoms with Gasteiger partial charge >= 0.3 is 0 Å². The van der Waals surface area contributed by atoms with Crippen molar-refractivity contribution in [3.63, 3.8) is 0 Å². The summed E-state index contributed by atoms with van der Waals surface area (Å²) < 4.78 is 26.9. The van der Waals surface area contributed by atoms with Gasteiger partial charge in [0.1, 0.15) is 16.8 Å². The molecule has 2 nitrogen and oxygen atoms in total. The van der Waals surface area contributed by atoms with Gasteiger partial charge in [0.25, 0.3) is 0 Å². The molecule has 0 amide bonds. The lowest BCUT2D eigenvalue weighted by atomic mass is 10.2. The van der Waals surface area contributed by atoms with Gasteiger partial charge in [-0.2, -0.15) is 0 Å². The highest BCUT2D eigenvalue weighted by molar-refractivity contribution is 6.34. The predicted octanol–water partition coefficient (Wildman–Crippen LogP) is 4.23. The molecule has 1 heterocycles. The second kappa shape index (κ2) is 4.55. The first-order valence-corrected chi connectivity index (χ1v) is 5.90. The van der Waals surface area contributed by atoms with E-state index in [1.165, 1.54) is 24.3 Å². The Morgan fingerprint density at radius 2 is 1.74 bits per heavy atom. The normalized spacial score (nSPS) is 10.9. The van der Waals surface area contributed by atoms with Crippen molar-refractivity contribution in [1.29, 1.82) is 0 Å². The molecule has 0 atom stereocenters. The zero-order chi connectivity index (χ0) is 13.4. The van der Waals surface area contributed by atoms with E-state index in [-0.39, 0.29) is 16.5 Å². The van der Waals surface area contributed by atoms with Crippen molar-refractivity contribution in [2.45, 2.75) is 0 Å². The molecule has 0 saturated carbocycles. The maximum absolute atomic E-state index is 13.7. The Hall–Kier alpha value is -2.07. The average molecular weight is 277 g/mol. The number of hydrogen-bond donors (Lipinski definition) is 0. The summed E-state index contributed by atoms with van der Waals surface area (Å²) in [7, 11) is 0. The van der Waals surface area contributed by atoms with Crippen molar-refractivity contribution in [1.82, 2.24) is 9.97 Å². The van der Waals surface area contributed by atoms with E-state index in [1.54, 1.807) is 18.2 Å². The fraction of sp³-hybridized carbons (Fsp3) is 0. The molecule has 94 valence electrons. The van der Waals surface area contributed by atoms with Crippen molar-refractivity contribution in [3.05, 3.63) is 59.3 Å². The van der Waals surface area contributed by atoms with Gasteiger partial charge in [0.15, 0.2) is 5.82 Å². The van der Waals surface area contributed by atoms with Crippen molar-refractivity contribution < 1.29 is 8.78 Å². The minimum atomic E-state index is -0.450. The lowest BCUT2D eigenvalue weighted by molar-refractivity contribution is 0.629. The summed E-state index contributed by atoms with van der Waals surface area (Å²) >= 11 is 6.02. The fourth-order valence-electron chi connectivity index (χ4n) is 1.83. The van der Waals surface area contributed by atoms with Gasteiger partial charge in [0.2, 0.25) is 0 Å². The molecule has 0 aliphatic rings. The van der Waals surface area contributed by atoms with Crippen molar-refractivity contribution in [2.75, 3.05) is 0 Å². The van der Waals surface area contributed by atoms with Crippen LogP contribution >= 0.6 is 11.6 Å². The number of rotatable bonds is 1. The molecule has 0 spiro atoms. The van der Waals surface area contributed by atoms with E-state index in [9.17, 15) is 8.78 Å². The molecular formula is C14H7ClF2N2. The lowest BCUT2D eigenvalue weighted by Gasteiger charge is -2.05. The zero-order valence-electron chi connectivity index (χ0n) is 9.57. The Labute approximate surface area is 112 Å². The van der Waals surface area contributed by atoms with E-state index in [1.807, 2.05) is 0 Å². The highest BCUT2D eigenvalue weighted by atomic mass is 35.5. The van der Waals surface area contributed by atoms with Gasteiger partial charge in [-0.25, -0.2) is 18.7 Å². The van der Waals surface area contributed by atoms with Crippen LogP contribution in [-0.2, 0) is 0 Å². The van der Waals surface area contributed by atoms with Gasteiger partial charge in [-0.05, 0) is 24.3 Å². The highest BCUT2D eigenvalue weighted by Crippen LogP contribution is 2.26. The number of halogens is 3. The molecule has 0 unspecified atom stereocenters. The molecule has 0 saturated heterocycles. The van der Waals surface area contributed by atoms with Gasteiger partial charge in [0.05, 0.1) is 11.1 Å². The summed E-state index contributed by atoms with van der Waals surface area (Å²) in [5, 5.41) is 0.700. The van der Waals surface area contributed by atoms with Crippen LogP contribution in [0, 0.1) is 11.6 Å². The van der Waals surface area contributed by atoms with Crippen LogP contribution in [0.5, 0.6) is 0 Å². The molecule has 0 aliphatic heterocycles. The molecule has 0 aliphatic carbocycles. The zero-order valence-corrected chi connectivity index (χ0v) is 10.3. The number of nitrogens with zero attached hydrogens (tertiary/aromatic N) is 2. The number of hydrogen-bond acceptors (Lipinski definition) is 2. The summed E-state index contributed by atoms with van der Waals surface area (Å²) in [5.41, 5.74) is 0.578. The van der Waals surface area contributed by atoms with Gasteiger partial charge in [0, 0.05) is 11.5 Å². The Balaban J connectivity index is 2.29. The summed E-state index contributed by atoms with van der Waals surface area (Å²) in [4.78, 5) is 8.21. The highest BCUT2D eigenvalue weighted by Gasteiger charge is 2.11. The summed E-state index contributed by atoms with van der Waals surface area (Å²) in [6.45, 7) is 0. The Morgan fingerprint density at radius 3 is 2.53 bits per heavy atom. The van der Waals surface area contributed by atoms with Crippen LogP contribution in [0.3, 0.4) is 0 Å². The van der Waals surface area contributed by atoms with Gasteiger partial charge in [-0.1, -0.05) is 23.7 Å². The van der Waals surface area contributed by atoms with E-state index in [0.717, 1.165) is 0 Å². The van der Waals surface area contributed by atoms with E-state index >= 15 is 0 Å². The van der Waals surface area contributed by atoms with Crippen LogP contribution in [0.15, 0.2) is 42.5 Å². The molecule has 0 bridgehead atoms. The standard InChI is InChI=1S/C14H7ClF2N2/c15-13-10-6-5-8(16)7-12(10)18-14(19-13)9-3-1-2-4-11(9)17/h1-7H. The minimum absolute atomic E-state index is 0.140. The molecule has 19 heavy (non-hydrogen) atoms. The van der Waals surface area contributed by atoms with Crippen LogP contribution in [0.2, 0.25) is 5.15 Å². The largest absolute Gasteiger partial charge is 0.228 e. The maximum atomic E-state index is 13.7. The molecular weight excluding hydrogens is 270 g/mol. The number of benzene rings is 2. The van der Waals surface area contributed by atoms with Crippen molar-refractivity contribution in [2.24, 2.45) is 0 Å². The molecule has 2 aromatic carbocycles. The third kappa shape index (κ3) is 2.15. The van der Waals surface area contributed by atoms with Gasteiger partial charge in [-0.3, -0.25) is 0 Å². The monoisotopic (exact) mass is 276 g/mol. The third-order valence-electron chi connectivity index (χ3n) is 2.73. The molecule has 0 N–H and O–H groups in total. The van der Waals surface area contributed by atoms with Crippen molar-refractivity contribution in [3.8, 4) is 11.4 Å². The first kappa shape index (κ1) is 12.0. The quantitative estimate of drug-likeness (QED) is 0.622. The molecule has 5 heteroatoms. The second-order valence-corrected chi connectivity index (χ2v) is 4.34. The maximum Gasteiger partial charge on any atom is 0.164 e. The summed E-state index contributed by atoms with van der Waals surface area (Å²) in [5.74, 6) is -0.739. The topological polar surface area (TPSA) is 25.8 Å². The van der Waals surface area contributed by atoms with Crippen LogP contribution in [-0.4, -0.2) is 9.97 Å². The molecule has 3 rings (SSSR count). The molecule has 0 radical (unpaired) electrons. The van der Waals surface area contributed by atoms with Crippen LogP contribution in [0.4, 0.5) is 8.78 Å². The Morgan fingerprint density at radius 1 is 0.947 bits per heavy atom. The molecule has 3 aromatic rings. The first-order valence-electron chi connectivity index (χ1n) is 5.53. The van der Waals surface area contributed by atoms with Crippen LogP contribution in [0.25, 0.3) is 22.3 Å². The third-order valence-corrected chi connectivity index (χ3v) is 3.02. The smallest absolute Gasteiger partial charge is 0.164 e. The van der Waals surface area contributed by atoms with Gasteiger partial charge in [-0.15, -0.1) is 0 Å². The Bertz CT molecular complexity index is 774. The molecule has 1 aromatic heterocycles. The predicted molar refractivity (Wildman–Crippen MR) is 69.9 cm³/mol. The van der Waals surface area contributed by atoms with Crippen LogP contribution in [0.1, 0.15) is 0 Å². The van der Waals surface area contributed by atoms with Crippen LogP contribution < -0.4 is 0 Å². The summed E-state index contributed by atoms with van der Waals surface area (Å²) in [6.07, 6.45) is 0. The van der Waals surface area contributed by atoms with Crippen molar-refractivity contribution >= 4 is 22.5 Å². The number of aromatic nitrogens is 2. The number of fused-ring (bicyclic) bond motifs is 1. The SMILES string of the molecule is Fc1ccc2c(Cl)nc(-c3ccccc3F)nc2c1. The first-order chi connectivity index (χ1) is 9.15.